The van der Waals surface area contributed by atoms with E-state index < -0.39 is 0 Å². The molecule has 1 spiro atoms. The zero-order valence-electron chi connectivity index (χ0n) is 20.6. The van der Waals surface area contributed by atoms with Crippen LogP contribution in [0.3, 0.4) is 0 Å². The maximum Gasteiger partial charge on any atom is 0.103 e. The van der Waals surface area contributed by atoms with Crippen molar-refractivity contribution in [3.63, 3.8) is 0 Å². The largest absolute Gasteiger partial charge is 0.393 e. The molecule has 2 nitrogen and oxygen atoms in total. The first kappa shape index (κ1) is 21.7. The maximum atomic E-state index is 10.4. The van der Waals surface area contributed by atoms with Crippen LogP contribution >= 0.6 is 0 Å². The molecule has 0 aromatic carbocycles. The number of rotatable bonds is 5. The second-order valence-corrected chi connectivity index (χ2v) is 13.4. The summed E-state index contributed by atoms with van der Waals surface area (Å²) in [7, 11) is 0. The molecule has 172 valence electrons. The minimum absolute atomic E-state index is 0.0395. The van der Waals surface area contributed by atoms with E-state index in [0.29, 0.717) is 16.9 Å². The molecule has 30 heavy (non-hydrogen) atoms. The Morgan fingerprint density at radius 1 is 0.933 bits per heavy atom. The van der Waals surface area contributed by atoms with Gasteiger partial charge in [-0.15, -0.1) is 0 Å². The molecule has 11 atom stereocenters. The third kappa shape index (κ3) is 2.94. The number of hydrogen-bond acceptors (Lipinski definition) is 2. The standard InChI is InChI=1S/C28H48O2/c1-17(2)18(3)7-8-19(4)22-9-10-23-21-15-25-28(30-25)16-20(29)11-14-27(28,6)24(21)12-13-26(22,23)5/h17-25,29H,7-16H2,1-6H3/t18?,19-,20+,21?,22?,23?,24?,25?,26-,27-,28?/m1/s1. The van der Waals surface area contributed by atoms with Crippen molar-refractivity contribution in [2.24, 2.45) is 52.3 Å². The summed E-state index contributed by atoms with van der Waals surface area (Å²) in [5.41, 5.74) is 0.913. The van der Waals surface area contributed by atoms with Crippen molar-refractivity contribution >= 4 is 0 Å². The number of hydrogen-bond donors (Lipinski definition) is 1. The van der Waals surface area contributed by atoms with Crippen molar-refractivity contribution in [1.29, 1.82) is 0 Å². The first-order chi connectivity index (χ1) is 14.1. The van der Waals surface area contributed by atoms with E-state index in [1.54, 1.807) is 0 Å². The highest BCUT2D eigenvalue weighted by atomic mass is 16.6. The van der Waals surface area contributed by atoms with Crippen LogP contribution in [0.4, 0.5) is 0 Å². The van der Waals surface area contributed by atoms with E-state index >= 15 is 0 Å². The molecule has 5 fully saturated rings. The minimum atomic E-state index is -0.126. The molecule has 7 unspecified atom stereocenters. The van der Waals surface area contributed by atoms with Crippen molar-refractivity contribution in [2.75, 3.05) is 0 Å². The molecule has 4 saturated carbocycles. The highest BCUT2D eigenvalue weighted by Crippen LogP contribution is 2.74. The van der Waals surface area contributed by atoms with Gasteiger partial charge in [0.25, 0.3) is 0 Å². The van der Waals surface area contributed by atoms with Crippen LogP contribution in [0.15, 0.2) is 0 Å². The molecule has 0 amide bonds. The molecule has 1 saturated heterocycles. The fourth-order valence-electron chi connectivity index (χ4n) is 9.69. The van der Waals surface area contributed by atoms with E-state index in [9.17, 15) is 5.11 Å². The fourth-order valence-corrected chi connectivity index (χ4v) is 9.69. The van der Waals surface area contributed by atoms with Gasteiger partial charge >= 0.3 is 0 Å². The molecule has 0 aromatic rings. The summed E-state index contributed by atoms with van der Waals surface area (Å²) >= 11 is 0. The smallest absolute Gasteiger partial charge is 0.103 e. The van der Waals surface area contributed by atoms with Crippen LogP contribution in [0.5, 0.6) is 0 Å². The Kier molecular flexibility index (Phi) is 5.23. The van der Waals surface area contributed by atoms with Gasteiger partial charge in [0.15, 0.2) is 0 Å². The molecule has 5 aliphatic rings. The summed E-state index contributed by atoms with van der Waals surface area (Å²) in [6, 6.07) is 0. The summed E-state index contributed by atoms with van der Waals surface area (Å²) in [5.74, 6) is 6.09. The Bertz CT molecular complexity index is 659. The predicted octanol–water partition coefficient (Wildman–Crippen LogP) is 6.85. The summed E-state index contributed by atoms with van der Waals surface area (Å²) in [6.07, 6.45) is 13.3. The molecular formula is C28H48O2. The average Bonchev–Trinajstić information content (AvgIpc) is 3.27. The summed E-state index contributed by atoms with van der Waals surface area (Å²) in [6.45, 7) is 15.1. The third-order valence-corrected chi connectivity index (χ3v) is 12.0. The van der Waals surface area contributed by atoms with Crippen LogP contribution in [0, 0.1) is 52.3 Å². The molecule has 0 radical (unpaired) electrons. The van der Waals surface area contributed by atoms with E-state index in [1.807, 2.05) is 0 Å². The first-order valence-corrected chi connectivity index (χ1v) is 13.5. The van der Waals surface area contributed by atoms with E-state index in [-0.39, 0.29) is 11.7 Å². The van der Waals surface area contributed by atoms with Crippen molar-refractivity contribution in [3.8, 4) is 0 Å². The Morgan fingerprint density at radius 3 is 2.43 bits per heavy atom. The van der Waals surface area contributed by atoms with E-state index in [4.69, 9.17) is 4.74 Å². The molecule has 0 aromatic heterocycles. The molecule has 2 heteroatoms. The van der Waals surface area contributed by atoms with Crippen LogP contribution in [-0.4, -0.2) is 22.9 Å². The number of aliphatic hydroxyl groups is 1. The maximum absolute atomic E-state index is 10.4. The van der Waals surface area contributed by atoms with Crippen LogP contribution in [0.2, 0.25) is 0 Å². The van der Waals surface area contributed by atoms with Gasteiger partial charge in [-0.2, -0.15) is 0 Å². The number of ether oxygens (including phenoxy) is 1. The summed E-state index contributed by atoms with van der Waals surface area (Å²) in [4.78, 5) is 0. The van der Waals surface area contributed by atoms with Crippen LogP contribution < -0.4 is 0 Å². The Balaban J connectivity index is 1.32. The van der Waals surface area contributed by atoms with Crippen LogP contribution in [0.1, 0.15) is 106 Å². The summed E-state index contributed by atoms with van der Waals surface area (Å²) < 4.78 is 6.52. The van der Waals surface area contributed by atoms with Crippen molar-refractivity contribution in [2.45, 2.75) is 124 Å². The van der Waals surface area contributed by atoms with E-state index in [1.165, 1.54) is 51.4 Å². The lowest BCUT2D eigenvalue weighted by atomic mass is 9.44. The first-order valence-electron chi connectivity index (χ1n) is 13.5. The van der Waals surface area contributed by atoms with Crippen molar-refractivity contribution in [1.82, 2.24) is 0 Å². The Labute approximate surface area is 185 Å². The number of epoxide rings is 1. The molecule has 1 N–H and O–H groups in total. The van der Waals surface area contributed by atoms with Gasteiger partial charge in [-0.1, -0.05) is 54.4 Å². The van der Waals surface area contributed by atoms with Crippen LogP contribution in [0.25, 0.3) is 0 Å². The zero-order chi connectivity index (χ0) is 21.5. The van der Waals surface area contributed by atoms with Crippen molar-refractivity contribution in [3.05, 3.63) is 0 Å². The van der Waals surface area contributed by atoms with Crippen LogP contribution in [-0.2, 0) is 4.74 Å². The molecular weight excluding hydrogens is 368 g/mol. The topological polar surface area (TPSA) is 32.8 Å². The van der Waals surface area contributed by atoms with Gasteiger partial charge < -0.3 is 9.84 Å². The van der Waals surface area contributed by atoms with Gasteiger partial charge in [-0.3, -0.25) is 0 Å². The third-order valence-electron chi connectivity index (χ3n) is 12.0. The van der Waals surface area contributed by atoms with Gasteiger partial charge in [0, 0.05) is 11.8 Å². The lowest BCUT2D eigenvalue weighted by Crippen LogP contribution is -2.58. The quantitative estimate of drug-likeness (QED) is 0.497. The molecule has 1 aliphatic heterocycles. The fraction of sp³-hybridized carbons (Fsp3) is 1.00. The van der Waals surface area contributed by atoms with Crippen molar-refractivity contribution < 1.29 is 9.84 Å². The monoisotopic (exact) mass is 416 g/mol. The molecule has 4 aliphatic carbocycles. The normalized spacial score (nSPS) is 54.0. The molecule has 0 bridgehead atoms. The van der Waals surface area contributed by atoms with Gasteiger partial charge in [0.2, 0.25) is 0 Å². The Morgan fingerprint density at radius 2 is 1.70 bits per heavy atom. The molecule has 1 heterocycles. The van der Waals surface area contributed by atoms with Gasteiger partial charge in [0.05, 0.1) is 12.2 Å². The Hall–Kier alpha value is -0.0800. The number of aliphatic hydroxyl groups excluding tert-OH is 1. The lowest BCUT2D eigenvalue weighted by Gasteiger charge is -2.59. The lowest BCUT2D eigenvalue weighted by molar-refractivity contribution is -0.116. The minimum Gasteiger partial charge on any atom is -0.393 e. The van der Waals surface area contributed by atoms with E-state index in [2.05, 4.69) is 41.5 Å². The second-order valence-electron chi connectivity index (χ2n) is 13.4. The summed E-state index contributed by atoms with van der Waals surface area (Å²) in [5, 5.41) is 10.4. The van der Waals surface area contributed by atoms with E-state index in [0.717, 1.165) is 54.3 Å². The van der Waals surface area contributed by atoms with Gasteiger partial charge in [-0.25, -0.2) is 0 Å². The number of fused-ring (bicyclic) bond motifs is 4. The highest BCUT2D eigenvalue weighted by Gasteiger charge is 2.76. The SMILES string of the molecule is CC(C)C(C)CC[C@@H](C)C1CCC2C3CC4OC45C[C@@H](O)CC[C@]5(C)C3CC[C@@]21C. The predicted molar refractivity (Wildman–Crippen MR) is 123 cm³/mol. The molecule has 5 rings (SSSR count). The highest BCUT2D eigenvalue weighted by molar-refractivity contribution is 5.24. The zero-order valence-corrected chi connectivity index (χ0v) is 20.6. The average molecular weight is 417 g/mol. The van der Waals surface area contributed by atoms with Gasteiger partial charge in [-0.05, 0) is 91.8 Å². The second kappa shape index (κ2) is 7.21. The van der Waals surface area contributed by atoms with Gasteiger partial charge in [0.1, 0.15) is 5.60 Å².